The van der Waals surface area contributed by atoms with Crippen LogP contribution in [0.1, 0.15) is 40.0 Å². The molecule has 1 spiro atoms. The number of halogens is 1. The minimum atomic E-state index is -1.61. The lowest BCUT2D eigenvalue weighted by molar-refractivity contribution is 0.218. The maximum atomic E-state index is 6.31. The highest BCUT2D eigenvalue weighted by Gasteiger charge is 2.52. The lowest BCUT2D eigenvalue weighted by Gasteiger charge is -2.37. The standard InChI is InChI=1S/C13H26ClNOSi/c1-12(2,3)17(4,5)16-9-11-8-13(6-7-13)10-15(11)14/h11H,6-10H2,1-5H3/t11-/m0/s1. The largest absolute Gasteiger partial charge is 0.415 e. The lowest BCUT2D eigenvalue weighted by Crippen LogP contribution is -2.43. The molecule has 100 valence electrons. The second kappa shape index (κ2) is 4.22. The molecule has 2 nitrogen and oxygen atoms in total. The molecule has 2 rings (SSSR count). The molecule has 0 aromatic heterocycles. The Morgan fingerprint density at radius 1 is 1.35 bits per heavy atom. The second-order valence-electron chi connectivity index (χ2n) is 7.49. The predicted octanol–water partition coefficient (Wildman–Crippen LogP) is 4.02. The molecular weight excluding hydrogens is 250 g/mol. The Labute approximate surface area is 112 Å². The molecule has 0 radical (unpaired) electrons. The van der Waals surface area contributed by atoms with Crippen molar-refractivity contribution in [1.29, 1.82) is 0 Å². The zero-order valence-electron chi connectivity index (χ0n) is 11.8. The number of rotatable bonds is 3. The molecule has 0 unspecified atom stereocenters. The summed E-state index contributed by atoms with van der Waals surface area (Å²) in [4.78, 5) is 0. The van der Waals surface area contributed by atoms with E-state index in [1.54, 1.807) is 0 Å². The Bertz CT molecular complexity index is 296. The van der Waals surface area contributed by atoms with Crippen LogP contribution in [0, 0.1) is 5.41 Å². The van der Waals surface area contributed by atoms with E-state index in [1.807, 2.05) is 4.42 Å². The molecule has 1 heterocycles. The molecule has 1 aliphatic heterocycles. The summed E-state index contributed by atoms with van der Waals surface area (Å²) in [6, 6.07) is 0.438. The highest BCUT2D eigenvalue weighted by atomic mass is 35.5. The van der Waals surface area contributed by atoms with Crippen molar-refractivity contribution in [2.24, 2.45) is 5.41 Å². The van der Waals surface area contributed by atoms with Gasteiger partial charge in [0.1, 0.15) is 0 Å². The Morgan fingerprint density at radius 3 is 2.35 bits per heavy atom. The second-order valence-corrected chi connectivity index (χ2v) is 12.7. The van der Waals surface area contributed by atoms with E-state index in [2.05, 4.69) is 33.9 Å². The van der Waals surface area contributed by atoms with E-state index < -0.39 is 8.32 Å². The van der Waals surface area contributed by atoms with Crippen LogP contribution in [0.4, 0.5) is 0 Å². The third-order valence-electron chi connectivity index (χ3n) is 4.95. The molecule has 0 aromatic rings. The van der Waals surface area contributed by atoms with Crippen molar-refractivity contribution in [3.63, 3.8) is 0 Å². The van der Waals surface area contributed by atoms with Crippen molar-refractivity contribution in [3.8, 4) is 0 Å². The van der Waals surface area contributed by atoms with Crippen molar-refractivity contribution >= 4 is 20.1 Å². The van der Waals surface area contributed by atoms with Gasteiger partial charge in [0.2, 0.25) is 0 Å². The zero-order valence-corrected chi connectivity index (χ0v) is 13.6. The quantitative estimate of drug-likeness (QED) is 0.570. The molecule has 17 heavy (non-hydrogen) atoms. The molecule has 1 saturated heterocycles. The summed E-state index contributed by atoms with van der Waals surface area (Å²) in [5, 5.41) is 0.292. The molecule has 2 fully saturated rings. The third-order valence-corrected chi connectivity index (χ3v) is 9.85. The van der Waals surface area contributed by atoms with E-state index in [4.69, 9.17) is 16.2 Å². The molecule has 4 heteroatoms. The van der Waals surface area contributed by atoms with Crippen molar-refractivity contribution < 1.29 is 4.43 Å². The van der Waals surface area contributed by atoms with Gasteiger partial charge in [0, 0.05) is 12.6 Å². The van der Waals surface area contributed by atoms with E-state index in [0.29, 0.717) is 16.5 Å². The van der Waals surface area contributed by atoms with Gasteiger partial charge in [-0.1, -0.05) is 20.8 Å². The molecule has 0 aromatic carbocycles. The maximum Gasteiger partial charge on any atom is 0.192 e. The van der Waals surface area contributed by atoms with Crippen LogP contribution in [0.25, 0.3) is 0 Å². The van der Waals surface area contributed by atoms with Gasteiger partial charge in [-0.25, -0.2) is 4.42 Å². The molecule has 0 amide bonds. The summed E-state index contributed by atoms with van der Waals surface area (Å²) in [6.45, 7) is 13.4. The number of nitrogens with zero attached hydrogens (tertiary/aromatic N) is 1. The van der Waals surface area contributed by atoms with Crippen molar-refractivity contribution in [1.82, 2.24) is 4.42 Å². The van der Waals surface area contributed by atoms with Crippen LogP contribution >= 0.6 is 11.8 Å². The van der Waals surface area contributed by atoms with Gasteiger partial charge in [-0.3, -0.25) is 0 Å². The summed E-state index contributed by atoms with van der Waals surface area (Å²) < 4.78 is 8.28. The first-order valence-electron chi connectivity index (χ1n) is 6.72. The van der Waals surface area contributed by atoms with E-state index in [9.17, 15) is 0 Å². The Balaban J connectivity index is 1.86. The van der Waals surface area contributed by atoms with Gasteiger partial charge in [0.25, 0.3) is 0 Å². The smallest absolute Gasteiger partial charge is 0.192 e. The topological polar surface area (TPSA) is 12.5 Å². The average Bonchev–Trinajstić information content (AvgIpc) is 2.81. The summed E-state index contributed by atoms with van der Waals surface area (Å²) in [5.41, 5.74) is 0.573. The van der Waals surface area contributed by atoms with Gasteiger partial charge in [0.05, 0.1) is 6.61 Å². The minimum absolute atomic E-state index is 0.292. The van der Waals surface area contributed by atoms with Crippen LogP contribution in [0.3, 0.4) is 0 Å². The zero-order chi connectivity index (χ0) is 12.9. The Morgan fingerprint density at radius 2 is 1.94 bits per heavy atom. The molecule has 0 N–H and O–H groups in total. The first-order chi connectivity index (χ1) is 7.65. The SMILES string of the molecule is CC(C)(C)[Si](C)(C)OC[C@@H]1CC2(CC2)CN1Cl. The van der Waals surface area contributed by atoms with Crippen LogP contribution in [0.15, 0.2) is 0 Å². The summed E-state index contributed by atoms with van der Waals surface area (Å²) in [5.74, 6) is 0. The van der Waals surface area contributed by atoms with Crippen LogP contribution < -0.4 is 0 Å². The van der Waals surface area contributed by atoms with Crippen LogP contribution in [0.5, 0.6) is 0 Å². The normalized spacial score (nSPS) is 28.9. The average molecular weight is 276 g/mol. The minimum Gasteiger partial charge on any atom is -0.415 e. The lowest BCUT2D eigenvalue weighted by atomic mass is 10.0. The molecule has 1 aliphatic carbocycles. The van der Waals surface area contributed by atoms with E-state index in [0.717, 1.165) is 13.2 Å². The van der Waals surface area contributed by atoms with Crippen molar-refractivity contribution in [3.05, 3.63) is 0 Å². The van der Waals surface area contributed by atoms with Gasteiger partial charge in [-0.05, 0) is 54.6 Å². The summed E-state index contributed by atoms with van der Waals surface area (Å²) in [6.07, 6.45) is 3.98. The van der Waals surface area contributed by atoms with Crippen molar-refractivity contribution in [2.45, 2.75) is 64.2 Å². The Kier molecular flexibility index (Phi) is 3.44. The first-order valence-corrected chi connectivity index (χ1v) is 9.96. The fourth-order valence-corrected chi connectivity index (χ4v) is 3.73. The van der Waals surface area contributed by atoms with E-state index in [-0.39, 0.29) is 0 Å². The van der Waals surface area contributed by atoms with E-state index in [1.165, 1.54) is 19.3 Å². The number of hydrogen-bond donors (Lipinski definition) is 0. The van der Waals surface area contributed by atoms with Crippen LogP contribution in [0.2, 0.25) is 18.1 Å². The van der Waals surface area contributed by atoms with Crippen LogP contribution in [-0.2, 0) is 4.43 Å². The summed E-state index contributed by atoms with van der Waals surface area (Å²) in [7, 11) is -1.61. The molecule has 2 aliphatic rings. The monoisotopic (exact) mass is 275 g/mol. The number of hydrogen-bond acceptors (Lipinski definition) is 2. The summed E-state index contributed by atoms with van der Waals surface area (Å²) >= 11 is 6.31. The fraction of sp³-hybridized carbons (Fsp3) is 1.00. The fourth-order valence-electron chi connectivity index (χ4n) is 2.31. The van der Waals surface area contributed by atoms with Crippen molar-refractivity contribution in [2.75, 3.05) is 13.2 Å². The van der Waals surface area contributed by atoms with Gasteiger partial charge < -0.3 is 4.43 Å². The van der Waals surface area contributed by atoms with Gasteiger partial charge >= 0.3 is 0 Å². The molecule has 1 saturated carbocycles. The predicted molar refractivity (Wildman–Crippen MR) is 75.8 cm³/mol. The molecular formula is C13H26ClNOSi. The maximum absolute atomic E-state index is 6.31. The molecule has 1 atom stereocenters. The third kappa shape index (κ3) is 2.88. The van der Waals surface area contributed by atoms with Crippen LogP contribution in [-0.4, -0.2) is 31.9 Å². The van der Waals surface area contributed by atoms with Gasteiger partial charge in [0.15, 0.2) is 8.32 Å². The van der Waals surface area contributed by atoms with E-state index >= 15 is 0 Å². The van der Waals surface area contributed by atoms with Gasteiger partial charge in [-0.2, -0.15) is 0 Å². The Hall–Kier alpha value is 0.427. The van der Waals surface area contributed by atoms with Gasteiger partial charge in [-0.15, -0.1) is 0 Å². The highest BCUT2D eigenvalue weighted by molar-refractivity contribution is 6.74. The molecule has 0 bridgehead atoms. The first kappa shape index (κ1) is 13.8. The highest BCUT2D eigenvalue weighted by Crippen LogP contribution is 2.55.